The van der Waals surface area contributed by atoms with Gasteiger partial charge in [-0.2, -0.15) is 0 Å². The largest absolute Gasteiger partial charge is 0.481 e. The number of anilines is 1. The number of fused-ring (bicyclic) bond motifs is 3. The van der Waals surface area contributed by atoms with Gasteiger partial charge in [0.1, 0.15) is 0 Å². The van der Waals surface area contributed by atoms with Crippen LogP contribution in [0.4, 0.5) is 5.69 Å². The maximum absolute atomic E-state index is 12.6. The number of carbonyl (C=O) groups excluding carboxylic acids is 1. The molecule has 2 N–H and O–H groups in total. The van der Waals surface area contributed by atoms with Crippen LogP contribution in [0.3, 0.4) is 0 Å². The van der Waals surface area contributed by atoms with Crippen molar-refractivity contribution in [2.24, 2.45) is 23.7 Å². The molecule has 3 aliphatic rings. The summed E-state index contributed by atoms with van der Waals surface area (Å²) >= 11 is 0. The van der Waals surface area contributed by atoms with Crippen LogP contribution in [-0.4, -0.2) is 23.8 Å². The lowest BCUT2D eigenvalue weighted by molar-refractivity contribution is -0.148. The Morgan fingerprint density at radius 2 is 1.82 bits per heavy atom. The van der Waals surface area contributed by atoms with Crippen molar-refractivity contribution >= 4 is 17.6 Å². The van der Waals surface area contributed by atoms with E-state index in [0.717, 1.165) is 19.3 Å². The highest BCUT2D eigenvalue weighted by molar-refractivity contribution is 5.96. The Morgan fingerprint density at radius 3 is 2.59 bits per heavy atom. The van der Waals surface area contributed by atoms with Gasteiger partial charge >= 0.3 is 5.97 Å². The molecule has 6 nitrogen and oxygen atoms in total. The number of ether oxygens (including phenoxy) is 2. The average molecular weight is 303 g/mol. The molecule has 0 radical (unpaired) electrons. The monoisotopic (exact) mass is 303 g/mol. The molecule has 4 atom stereocenters. The van der Waals surface area contributed by atoms with Crippen molar-refractivity contribution in [1.29, 1.82) is 0 Å². The number of carbonyl (C=O) groups is 2. The van der Waals surface area contributed by atoms with Gasteiger partial charge < -0.3 is 19.9 Å². The number of hydrogen-bond acceptors (Lipinski definition) is 4. The molecule has 2 bridgehead atoms. The van der Waals surface area contributed by atoms with E-state index in [-0.39, 0.29) is 24.5 Å². The number of hydrogen-bond donors (Lipinski definition) is 2. The summed E-state index contributed by atoms with van der Waals surface area (Å²) < 4.78 is 10.5. The molecular weight excluding hydrogens is 286 g/mol. The summed E-state index contributed by atoms with van der Waals surface area (Å²) in [5.74, 6) is -0.428. The first-order valence-electron chi connectivity index (χ1n) is 7.57. The van der Waals surface area contributed by atoms with E-state index in [1.165, 1.54) is 0 Å². The van der Waals surface area contributed by atoms with Crippen molar-refractivity contribution in [1.82, 2.24) is 0 Å². The molecule has 6 heteroatoms. The molecule has 1 amide bonds. The predicted octanol–water partition coefficient (Wildman–Crippen LogP) is 2.10. The Hall–Kier alpha value is -2.24. The van der Waals surface area contributed by atoms with Crippen LogP contribution in [0.25, 0.3) is 0 Å². The van der Waals surface area contributed by atoms with Crippen LogP contribution in [-0.2, 0) is 9.59 Å². The molecule has 0 spiro atoms. The highest BCUT2D eigenvalue weighted by Crippen LogP contribution is 2.52. The first-order chi connectivity index (χ1) is 10.6. The van der Waals surface area contributed by atoms with Gasteiger partial charge in [-0.05, 0) is 43.2 Å². The van der Waals surface area contributed by atoms with Gasteiger partial charge in [0.05, 0.1) is 11.8 Å². The highest BCUT2D eigenvalue weighted by atomic mass is 16.7. The van der Waals surface area contributed by atoms with Gasteiger partial charge in [-0.3, -0.25) is 9.59 Å². The van der Waals surface area contributed by atoms with Crippen molar-refractivity contribution in [2.75, 3.05) is 12.1 Å². The Labute approximate surface area is 127 Å². The number of nitrogens with one attached hydrogen (secondary N) is 1. The fourth-order valence-electron chi connectivity index (χ4n) is 4.22. The minimum absolute atomic E-state index is 0.148. The van der Waals surface area contributed by atoms with Crippen LogP contribution >= 0.6 is 0 Å². The second-order valence-corrected chi connectivity index (χ2v) is 6.28. The van der Waals surface area contributed by atoms with Crippen molar-refractivity contribution in [3.8, 4) is 11.5 Å². The summed E-state index contributed by atoms with van der Waals surface area (Å²) in [6.07, 6.45) is 2.74. The van der Waals surface area contributed by atoms with Crippen LogP contribution in [0.5, 0.6) is 11.5 Å². The maximum Gasteiger partial charge on any atom is 0.307 e. The van der Waals surface area contributed by atoms with Crippen molar-refractivity contribution in [3.05, 3.63) is 18.2 Å². The molecular formula is C16H17NO5. The van der Waals surface area contributed by atoms with Gasteiger partial charge in [-0.15, -0.1) is 0 Å². The van der Waals surface area contributed by atoms with Crippen LogP contribution in [0, 0.1) is 23.7 Å². The van der Waals surface area contributed by atoms with E-state index in [9.17, 15) is 14.7 Å². The van der Waals surface area contributed by atoms with Crippen LogP contribution < -0.4 is 14.8 Å². The average Bonchev–Trinajstić information content (AvgIpc) is 3.20. The second-order valence-electron chi connectivity index (χ2n) is 6.28. The minimum Gasteiger partial charge on any atom is -0.481 e. The molecule has 0 unspecified atom stereocenters. The molecule has 1 aliphatic heterocycles. The van der Waals surface area contributed by atoms with E-state index in [2.05, 4.69) is 5.32 Å². The SMILES string of the molecule is O=C(Nc1ccc2c(c1)OCO2)[C@@H]1[C@H]2CC[C@@H](C2)[C@@H]1C(=O)O. The van der Waals surface area contributed by atoms with E-state index in [0.29, 0.717) is 17.2 Å². The Morgan fingerprint density at radius 1 is 1.09 bits per heavy atom. The smallest absolute Gasteiger partial charge is 0.307 e. The number of benzene rings is 1. The second kappa shape index (κ2) is 4.90. The molecule has 22 heavy (non-hydrogen) atoms. The van der Waals surface area contributed by atoms with Gasteiger partial charge in [-0.25, -0.2) is 0 Å². The normalized spacial score (nSPS) is 31.3. The standard InChI is InChI=1S/C16H17NO5/c18-15(13-8-1-2-9(5-8)14(13)16(19)20)17-10-3-4-11-12(6-10)22-7-21-11/h3-4,6,8-9,13-14H,1-2,5,7H2,(H,17,18)(H,19,20)/t8-,9-,13+,14-/m0/s1. The molecule has 116 valence electrons. The van der Waals surface area contributed by atoms with Crippen molar-refractivity contribution in [2.45, 2.75) is 19.3 Å². The maximum atomic E-state index is 12.6. The molecule has 1 aromatic carbocycles. The third-order valence-electron chi connectivity index (χ3n) is 5.14. The zero-order valence-corrected chi connectivity index (χ0v) is 12.0. The third kappa shape index (κ3) is 2.01. The van der Waals surface area contributed by atoms with E-state index >= 15 is 0 Å². The lowest BCUT2D eigenvalue weighted by atomic mass is 9.78. The summed E-state index contributed by atoms with van der Waals surface area (Å²) in [6, 6.07) is 5.20. The van der Waals surface area contributed by atoms with Gasteiger partial charge in [0.15, 0.2) is 11.5 Å². The zero-order valence-electron chi connectivity index (χ0n) is 12.0. The van der Waals surface area contributed by atoms with Gasteiger partial charge in [0.25, 0.3) is 0 Å². The third-order valence-corrected chi connectivity index (χ3v) is 5.14. The Bertz CT molecular complexity index is 643. The van der Waals surface area contributed by atoms with Crippen LogP contribution in [0.2, 0.25) is 0 Å². The van der Waals surface area contributed by atoms with E-state index in [4.69, 9.17) is 9.47 Å². The molecule has 4 rings (SSSR count). The first kappa shape index (κ1) is 13.4. The van der Waals surface area contributed by atoms with E-state index < -0.39 is 17.8 Å². The first-order valence-corrected chi connectivity index (χ1v) is 7.57. The minimum atomic E-state index is -0.849. The van der Waals surface area contributed by atoms with E-state index in [1.807, 2.05) is 0 Å². The number of carboxylic acids is 1. The summed E-state index contributed by atoms with van der Waals surface area (Å²) in [4.78, 5) is 24.1. The molecule has 1 heterocycles. The van der Waals surface area contributed by atoms with Crippen LogP contribution in [0.1, 0.15) is 19.3 Å². The van der Waals surface area contributed by atoms with Gasteiger partial charge in [0, 0.05) is 11.8 Å². The fraction of sp³-hybridized carbons (Fsp3) is 0.500. The molecule has 2 fully saturated rings. The Kier molecular flexibility index (Phi) is 2.99. The summed E-state index contributed by atoms with van der Waals surface area (Å²) in [6.45, 7) is 0.181. The van der Waals surface area contributed by atoms with Crippen molar-refractivity contribution < 1.29 is 24.2 Å². The summed E-state index contributed by atoms with van der Waals surface area (Å²) in [7, 11) is 0. The number of aliphatic carboxylic acids is 1. The van der Waals surface area contributed by atoms with Crippen LogP contribution in [0.15, 0.2) is 18.2 Å². The highest BCUT2D eigenvalue weighted by Gasteiger charge is 2.53. The number of rotatable bonds is 3. The predicted molar refractivity (Wildman–Crippen MR) is 76.6 cm³/mol. The number of amides is 1. The van der Waals surface area contributed by atoms with Gasteiger partial charge in [0.2, 0.25) is 12.7 Å². The summed E-state index contributed by atoms with van der Waals surface area (Å²) in [5, 5.41) is 12.3. The van der Waals surface area contributed by atoms with Gasteiger partial charge in [-0.1, -0.05) is 0 Å². The van der Waals surface area contributed by atoms with Crippen molar-refractivity contribution in [3.63, 3.8) is 0 Å². The molecule has 1 aromatic rings. The van der Waals surface area contributed by atoms with E-state index in [1.54, 1.807) is 18.2 Å². The molecule has 0 saturated heterocycles. The fourth-order valence-corrected chi connectivity index (χ4v) is 4.22. The quantitative estimate of drug-likeness (QED) is 0.893. The molecule has 0 aromatic heterocycles. The lowest BCUT2D eigenvalue weighted by Crippen LogP contribution is -2.37. The lowest BCUT2D eigenvalue weighted by Gasteiger charge is -2.27. The molecule has 2 saturated carbocycles. The topological polar surface area (TPSA) is 84.9 Å². The molecule has 2 aliphatic carbocycles. The Balaban J connectivity index is 1.53. The number of carboxylic acid groups (broad SMARTS) is 1. The summed E-state index contributed by atoms with van der Waals surface area (Å²) in [5.41, 5.74) is 0.612. The zero-order chi connectivity index (χ0) is 15.3.